The Morgan fingerprint density at radius 2 is 1.82 bits per heavy atom. The fraction of sp³-hybridized carbons (Fsp3) is 0.125. The van der Waals surface area contributed by atoms with Gasteiger partial charge in [-0.25, -0.2) is 0 Å². The van der Waals surface area contributed by atoms with E-state index in [1.54, 1.807) is 12.1 Å². The lowest BCUT2D eigenvalue weighted by Gasteiger charge is -1.93. The molecule has 0 fully saturated rings. The molecule has 0 aliphatic heterocycles. The van der Waals surface area contributed by atoms with Crippen molar-refractivity contribution < 1.29 is 10.3 Å². The summed E-state index contributed by atoms with van der Waals surface area (Å²) >= 11 is 0. The van der Waals surface area contributed by atoms with Gasteiger partial charge in [-0.15, -0.1) is 0 Å². The topological polar surface area (TPSA) is 74.6 Å². The monoisotopic (exact) mass is 153 g/mol. The summed E-state index contributed by atoms with van der Waals surface area (Å²) in [5, 5.41) is 0. The minimum Gasteiger partial charge on any atom is -0.412 e. The van der Waals surface area contributed by atoms with Crippen molar-refractivity contribution in [1.29, 1.82) is 0 Å². The van der Waals surface area contributed by atoms with E-state index < -0.39 is 0 Å². The summed E-state index contributed by atoms with van der Waals surface area (Å²) in [5.74, 6) is -0.0133. The molecule has 0 amide bonds. The van der Waals surface area contributed by atoms with Crippen LogP contribution in [-0.4, -0.2) is 17.8 Å². The lowest BCUT2D eigenvalue weighted by molar-refractivity contribution is 0.100. The van der Waals surface area contributed by atoms with Crippen molar-refractivity contribution in [3.63, 3.8) is 0 Å². The van der Waals surface area contributed by atoms with Crippen LogP contribution in [0.15, 0.2) is 30.3 Å². The third-order valence-electron chi connectivity index (χ3n) is 1.28. The van der Waals surface area contributed by atoms with Gasteiger partial charge in [-0.1, -0.05) is 30.3 Å². The van der Waals surface area contributed by atoms with Gasteiger partial charge < -0.3 is 11.2 Å². The zero-order valence-electron chi connectivity index (χ0n) is 6.08. The molecule has 1 rings (SSSR count). The lowest BCUT2D eigenvalue weighted by Crippen LogP contribution is -2.12. The molecular formula is C8H11NO2. The first kappa shape index (κ1) is 9.81. The minimum absolute atomic E-state index is 0. The Balaban J connectivity index is 0.000001000. The van der Waals surface area contributed by atoms with E-state index in [4.69, 9.17) is 5.73 Å². The van der Waals surface area contributed by atoms with Gasteiger partial charge in [0, 0.05) is 5.56 Å². The van der Waals surface area contributed by atoms with Crippen molar-refractivity contribution in [2.45, 2.75) is 0 Å². The number of hydrogen-bond donors (Lipinski definition) is 1. The van der Waals surface area contributed by atoms with Crippen LogP contribution >= 0.6 is 0 Å². The van der Waals surface area contributed by atoms with E-state index in [2.05, 4.69) is 0 Å². The van der Waals surface area contributed by atoms with Gasteiger partial charge in [0.2, 0.25) is 0 Å². The average Bonchev–Trinajstić information content (AvgIpc) is 2.05. The van der Waals surface area contributed by atoms with Gasteiger partial charge in [0.25, 0.3) is 0 Å². The second-order valence-corrected chi connectivity index (χ2v) is 1.99. The third kappa shape index (κ3) is 2.49. The minimum atomic E-state index is -0.0133. The van der Waals surface area contributed by atoms with Gasteiger partial charge in [0.15, 0.2) is 5.78 Å². The maximum atomic E-state index is 10.9. The van der Waals surface area contributed by atoms with Crippen LogP contribution in [0.25, 0.3) is 0 Å². The second-order valence-electron chi connectivity index (χ2n) is 1.99. The van der Waals surface area contributed by atoms with Crippen LogP contribution in [0.2, 0.25) is 0 Å². The number of rotatable bonds is 2. The van der Waals surface area contributed by atoms with Crippen molar-refractivity contribution in [2.24, 2.45) is 5.73 Å². The van der Waals surface area contributed by atoms with Crippen molar-refractivity contribution in [1.82, 2.24) is 0 Å². The summed E-state index contributed by atoms with van der Waals surface area (Å²) in [6.45, 7) is 0.0873. The number of carbonyl (C=O) groups excluding carboxylic acids is 1. The standard InChI is InChI=1S/C8H9NO.H2O/c9-6-8(10)7-4-2-1-3-5-7;/h1-5H,6,9H2;1H2. The van der Waals surface area contributed by atoms with Gasteiger partial charge in [-0.3, -0.25) is 4.79 Å². The van der Waals surface area contributed by atoms with E-state index in [1.807, 2.05) is 18.2 Å². The summed E-state index contributed by atoms with van der Waals surface area (Å²) in [4.78, 5) is 10.9. The number of carbonyl (C=O) groups is 1. The van der Waals surface area contributed by atoms with Crippen molar-refractivity contribution in [3.05, 3.63) is 35.9 Å². The molecule has 0 spiro atoms. The highest BCUT2D eigenvalue weighted by molar-refractivity contribution is 5.97. The average molecular weight is 153 g/mol. The summed E-state index contributed by atoms with van der Waals surface area (Å²) < 4.78 is 0. The normalized spacial score (nSPS) is 8.45. The van der Waals surface area contributed by atoms with Crippen LogP contribution in [0.1, 0.15) is 10.4 Å². The third-order valence-corrected chi connectivity index (χ3v) is 1.28. The summed E-state index contributed by atoms with van der Waals surface area (Å²) in [6, 6.07) is 9.03. The Hall–Kier alpha value is -1.19. The molecule has 3 nitrogen and oxygen atoms in total. The molecule has 0 aromatic heterocycles. The maximum absolute atomic E-state index is 10.9. The number of nitrogens with two attached hydrogens (primary N) is 1. The molecule has 1 aromatic carbocycles. The van der Waals surface area contributed by atoms with Crippen LogP contribution < -0.4 is 5.73 Å². The highest BCUT2D eigenvalue weighted by Crippen LogP contribution is 1.97. The predicted molar refractivity (Wildman–Crippen MR) is 43.4 cm³/mol. The smallest absolute Gasteiger partial charge is 0.176 e. The van der Waals surface area contributed by atoms with Gasteiger partial charge in [-0.05, 0) is 0 Å². The van der Waals surface area contributed by atoms with Crippen LogP contribution in [0, 0.1) is 0 Å². The zero-order valence-corrected chi connectivity index (χ0v) is 6.08. The molecule has 60 valence electrons. The largest absolute Gasteiger partial charge is 0.412 e. The van der Waals surface area contributed by atoms with Crippen molar-refractivity contribution in [2.75, 3.05) is 6.54 Å². The molecule has 1 aromatic rings. The Labute approximate surface area is 65.1 Å². The van der Waals surface area contributed by atoms with Gasteiger partial charge in [-0.2, -0.15) is 0 Å². The van der Waals surface area contributed by atoms with Gasteiger partial charge in [0.05, 0.1) is 6.54 Å². The first-order valence-electron chi connectivity index (χ1n) is 3.13. The molecule has 0 aliphatic carbocycles. The molecule has 0 unspecified atom stereocenters. The molecule has 11 heavy (non-hydrogen) atoms. The SMILES string of the molecule is NCC(=O)c1ccccc1.O. The fourth-order valence-electron chi connectivity index (χ4n) is 0.742. The van der Waals surface area contributed by atoms with E-state index in [9.17, 15) is 4.79 Å². The number of Topliss-reactive ketones (excluding diaryl/α,β-unsaturated/α-hetero) is 1. The predicted octanol–water partition coefficient (Wildman–Crippen LogP) is 0.00330. The number of ketones is 1. The molecule has 0 bridgehead atoms. The summed E-state index contributed by atoms with van der Waals surface area (Å²) in [5.41, 5.74) is 5.84. The van der Waals surface area contributed by atoms with Gasteiger partial charge >= 0.3 is 0 Å². The van der Waals surface area contributed by atoms with Crippen molar-refractivity contribution >= 4 is 5.78 Å². The molecule has 0 saturated carbocycles. The first-order chi connectivity index (χ1) is 4.84. The molecule has 4 N–H and O–H groups in total. The van der Waals surface area contributed by atoms with E-state index in [0.29, 0.717) is 5.56 Å². The fourth-order valence-corrected chi connectivity index (χ4v) is 0.742. The maximum Gasteiger partial charge on any atom is 0.176 e. The quantitative estimate of drug-likeness (QED) is 0.607. The van der Waals surface area contributed by atoms with E-state index in [0.717, 1.165) is 0 Å². The van der Waals surface area contributed by atoms with Crippen LogP contribution in [0.4, 0.5) is 0 Å². The molecule has 0 saturated heterocycles. The van der Waals surface area contributed by atoms with E-state index >= 15 is 0 Å². The Bertz CT molecular complexity index is 221. The highest BCUT2D eigenvalue weighted by Gasteiger charge is 1.98. The van der Waals surface area contributed by atoms with Gasteiger partial charge in [0.1, 0.15) is 0 Å². The van der Waals surface area contributed by atoms with Crippen molar-refractivity contribution in [3.8, 4) is 0 Å². The Kier molecular flexibility index (Phi) is 4.10. The molecular weight excluding hydrogens is 142 g/mol. The first-order valence-corrected chi connectivity index (χ1v) is 3.13. The Morgan fingerprint density at radius 3 is 2.27 bits per heavy atom. The highest BCUT2D eigenvalue weighted by atomic mass is 16.1. The Morgan fingerprint density at radius 1 is 1.27 bits per heavy atom. The van der Waals surface area contributed by atoms with Crippen LogP contribution in [0.3, 0.4) is 0 Å². The van der Waals surface area contributed by atoms with Crippen LogP contribution in [-0.2, 0) is 0 Å². The number of hydrogen-bond acceptors (Lipinski definition) is 2. The molecule has 3 heteroatoms. The molecule has 0 atom stereocenters. The molecule has 0 heterocycles. The van der Waals surface area contributed by atoms with Crippen LogP contribution in [0.5, 0.6) is 0 Å². The zero-order chi connectivity index (χ0) is 7.40. The molecule has 0 radical (unpaired) electrons. The summed E-state index contributed by atoms with van der Waals surface area (Å²) in [6.07, 6.45) is 0. The second kappa shape index (κ2) is 4.60. The molecule has 0 aliphatic rings. The lowest BCUT2D eigenvalue weighted by atomic mass is 10.1. The number of benzene rings is 1. The summed E-state index contributed by atoms with van der Waals surface area (Å²) in [7, 11) is 0. The van der Waals surface area contributed by atoms with E-state index in [1.165, 1.54) is 0 Å². The van der Waals surface area contributed by atoms with E-state index in [-0.39, 0.29) is 17.8 Å².